The van der Waals surface area contributed by atoms with E-state index in [1.165, 1.54) is 22.9 Å². The van der Waals surface area contributed by atoms with Gasteiger partial charge in [0.1, 0.15) is 11.3 Å². The lowest BCUT2D eigenvalue weighted by atomic mass is 10.0. The second kappa shape index (κ2) is 8.27. The van der Waals surface area contributed by atoms with Gasteiger partial charge in [-0.2, -0.15) is 0 Å². The molecule has 0 bridgehead atoms. The number of hydrogen-bond donors (Lipinski definition) is 3. The summed E-state index contributed by atoms with van der Waals surface area (Å²) < 4.78 is 14.8. The van der Waals surface area contributed by atoms with Gasteiger partial charge in [-0.1, -0.05) is 48.5 Å². The summed E-state index contributed by atoms with van der Waals surface area (Å²) >= 11 is 0. The molecule has 33 heavy (non-hydrogen) atoms. The van der Waals surface area contributed by atoms with Crippen LogP contribution in [0.15, 0.2) is 79.1 Å². The van der Waals surface area contributed by atoms with Crippen LogP contribution in [0.3, 0.4) is 0 Å². The van der Waals surface area contributed by atoms with Crippen LogP contribution in [0.4, 0.5) is 4.39 Å². The highest BCUT2D eigenvalue weighted by atomic mass is 19.1. The zero-order valence-corrected chi connectivity index (χ0v) is 17.5. The van der Waals surface area contributed by atoms with Crippen molar-refractivity contribution in [3.63, 3.8) is 0 Å². The largest absolute Gasteiger partial charge is 0.505 e. The molecule has 5 rings (SSSR count). The molecule has 0 atom stereocenters. The highest BCUT2D eigenvalue weighted by Gasteiger charge is 2.24. The molecule has 0 radical (unpaired) electrons. The van der Waals surface area contributed by atoms with Crippen LogP contribution in [0.5, 0.6) is 11.6 Å². The van der Waals surface area contributed by atoms with Crippen molar-refractivity contribution >= 4 is 27.6 Å². The molecule has 0 saturated heterocycles. The summed E-state index contributed by atoms with van der Waals surface area (Å²) in [6.07, 6.45) is 3.14. The molecule has 0 aliphatic carbocycles. The van der Waals surface area contributed by atoms with E-state index in [9.17, 15) is 19.4 Å². The summed E-state index contributed by atoms with van der Waals surface area (Å²) in [5.41, 5.74) is 2.24. The van der Waals surface area contributed by atoms with Crippen LogP contribution in [-0.2, 0) is 13.1 Å². The minimum atomic E-state index is -0.354. The monoisotopic (exact) mass is 441 g/mol. The lowest BCUT2D eigenvalue weighted by molar-refractivity contribution is 0.0954. The zero-order valence-electron chi connectivity index (χ0n) is 17.5. The van der Waals surface area contributed by atoms with Crippen molar-refractivity contribution in [2.75, 3.05) is 0 Å². The Labute approximate surface area is 188 Å². The maximum absolute atomic E-state index is 13.3. The highest BCUT2D eigenvalue weighted by Crippen LogP contribution is 2.42. The van der Waals surface area contributed by atoms with Crippen molar-refractivity contribution in [1.82, 2.24) is 14.9 Å². The Bertz CT molecular complexity index is 1480. The van der Waals surface area contributed by atoms with Gasteiger partial charge in [0, 0.05) is 29.7 Å². The van der Waals surface area contributed by atoms with Gasteiger partial charge < -0.3 is 20.1 Å². The van der Waals surface area contributed by atoms with Gasteiger partial charge >= 0.3 is 0 Å². The molecule has 0 saturated carbocycles. The molecule has 3 aromatic carbocycles. The number of phenolic OH excluding ortho intramolecular Hbond substituents is 1. The molecule has 164 valence electrons. The van der Waals surface area contributed by atoms with Gasteiger partial charge in [0.05, 0.1) is 17.5 Å². The van der Waals surface area contributed by atoms with Gasteiger partial charge in [0.2, 0.25) is 5.88 Å². The fourth-order valence-electron chi connectivity index (χ4n) is 4.05. The molecular formula is C26H20FN3O3. The third-order valence-electron chi connectivity index (χ3n) is 5.65. The second-order valence-corrected chi connectivity index (χ2v) is 7.79. The van der Waals surface area contributed by atoms with E-state index in [1.807, 2.05) is 30.3 Å². The smallest absolute Gasteiger partial charge is 0.252 e. The Hall–Kier alpha value is -4.39. The lowest BCUT2D eigenvalue weighted by Gasteiger charge is -2.11. The van der Waals surface area contributed by atoms with E-state index in [-0.39, 0.29) is 40.8 Å². The zero-order chi connectivity index (χ0) is 22.9. The van der Waals surface area contributed by atoms with E-state index in [1.54, 1.807) is 30.5 Å². The Morgan fingerprint density at radius 2 is 1.70 bits per heavy atom. The molecule has 6 nitrogen and oxygen atoms in total. The fourth-order valence-corrected chi connectivity index (χ4v) is 4.05. The van der Waals surface area contributed by atoms with Crippen molar-refractivity contribution in [3.05, 3.63) is 102 Å². The first-order valence-electron chi connectivity index (χ1n) is 10.4. The Morgan fingerprint density at radius 3 is 2.45 bits per heavy atom. The van der Waals surface area contributed by atoms with Gasteiger partial charge in [-0.15, -0.1) is 0 Å². The molecule has 0 fully saturated rings. The van der Waals surface area contributed by atoms with Crippen molar-refractivity contribution in [2.45, 2.75) is 13.1 Å². The van der Waals surface area contributed by atoms with E-state index >= 15 is 0 Å². The number of benzene rings is 3. The molecule has 0 unspecified atom stereocenters. The quantitative estimate of drug-likeness (QED) is 0.368. The molecule has 0 aliphatic rings. The van der Waals surface area contributed by atoms with Crippen molar-refractivity contribution < 1.29 is 19.4 Å². The number of carbonyl (C=O) groups excluding carboxylic acids is 1. The summed E-state index contributed by atoms with van der Waals surface area (Å²) in [6.45, 7) is 0.557. The number of amides is 1. The molecule has 7 heteroatoms. The second-order valence-electron chi connectivity index (χ2n) is 7.79. The van der Waals surface area contributed by atoms with Crippen LogP contribution < -0.4 is 5.32 Å². The van der Waals surface area contributed by atoms with Gasteiger partial charge in [-0.3, -0.25) is 9.78 Å². The summed E-state index contributed by atoms with van der Waals surface area (Å²) in [5.74, 6) is -1.10. The number of carbonyl (C=O) groups is 1. The number of aromatic hydroxyl groups is 2. The molecule has 1 amide bonds. The van der Waals surface area contributed by atoms with Crippen LogP contribution in [0.25, 0.3) is 21.7 Å². The minimum Gasteiger partial charge on any atom is -0.505 e. The van der Waals surface area contributed by atoms with Gasteiger partial charge in [0.25, 0.3) is 5.91 Å². The highest BCUT2D eigenvalue weighted by molar-refractivity contribution is 6.21. The number of nitrogens with one attached hydrogen (secondary N) is 1. The first kappa shape index (κ1) is 20.5. The molecular weight excluding hydrogens is 421 g/mol. The molecule has 0 aliphatic heterocycles. The number of hydrogen-bond acceptors (Lipinski definition) is 4. The van der Waals surface area contributed by atoms with E-state index in [2.05, 4.69) is 10.3 Å². The van der Waals surface area contributed by atoms with E-state index in [4.69, 9.17) is 0 Å². The van der Waals surface area contributed by atoms with Gasteiger partial charge in [0.15, 0.2) is 5.75 Å². The van der Waals surface area contributed by atoms with Gasteiger partial charge in [-0.05, 0) is 29.3 Å². The van der Waals surface area contributed by atoms with Crippen LogP contribution in [0.1, 0.15) is 21.5 Å². The summed E-state index contributed by atoms with van der Waals surface area (Å²) in [6, 6.07) is 18.8. The standard InChI is InChI=1S/C26H20FN3O3/c27-18-10-8-17(9-11-18)14-30-15-20-21(25(32)29-13-16-5-2-1-3-6-16)19-7-4-12-28-23(19)24(31)22(20)26(30)33/h1-12,15,31,33H,13-14H2,(H,29,32). The van der Waals surface area contributed by atoms with Crippen molar-refractivity contribution in [2.24, 2.45) is 0 Å². The maximum Gasteiger partial charge on any atom is 0.252 e. The Balaban J connectivity index is 1.63. The van der Waals surface area contributed by atoms with E-state index in [0.717, 1.165) is 11.1 Å². The normalized spacial score (nSPS) is 11.2. The lowest BCUT2D eigenvalue weighted by Crippen LogP contribution is -2.23. The molecule has 2 heterocycles. The number of pyridine rings is 1. The number of nitrogens with zero attached hydrogens (tertiary/aromatic N) is 2. The topological polar surface area (TPSA) is 87.4 Å². The fraction of sp³-hybridized carbons (Fsp3) is 0.0769. The number of halogens is 1. The average Bonchev–Trinajstić information content (AvgIpc) is 3.15. The van der Waals surface area contributed by atoms with Crippen molar-refractivity contribution in [3.8, 4) is 11.6 Å². The summed E-state index contributed by atoms with van der Waals surface area (Å²) in [7, 11) is 0. The predicted octanol–water partition coefficient (Wildman–Crippen LogP) is 4.72. The van der Waals surface area contributed by atoms with E-state index in [0.29, 0.717) is 22.9 Å². The maximum atomic E-state index is 13.3. The van der Waals surface area contributed by atoms with Gasteiger partial charge in [-0.25, -0.2) is 4.39 Å². The number of rotatable bonds is 5. The number of phenols is 1. The van der Waals surface area contributed by atoms with E-state index < -0.39 is 0 Å². The predicted molar refractivity (Wildman–Crippen MR) is 124 cm³/mol. The molecule has 2 aromatic heterocycles. The van der Waals surface area contributed by atoms with Crippen LogP contribution in [0.2, 0.25) is 0 Å². The van der Waals surface area contributed by atoms with Crippen LogP contribution >= 0.6 is 0 Å². The third kappa shape index (κ3) is 3.74. The molecule has 3 N–H and O–H groups in total. The van der Waals surface area contributed by atoms with Crippen LogP contribution in [0, 0.1) is 5.82 Å². The van der Waals surface area contributed by atoms with Crippen LogP contribution in [-0.4, -0.2) is 25.7 Å². The summed E-state index contributed by atoms with van der Waals surface area (Å²) in [5, 5.41) is 25.8. The Kier molecular flexibility index (Phi) is 5.14. The minimum absolute atomic E-state index is 0.146. The Morgan fingerprint density at radius 1 is 0.939 bits per heavy atom. The number of aromatic nitrogens is 2. The summed E-state index contributed by atoms with van der Waals surface area (Å²) in [4.78, 5) is 17.6. The molecule has 0 spiro atoms. The first-order chi connectivity index (χ1) is 16.0. The average molecular weight is 441 g/mol. The SMILES string of the molecule is O=C(NCc1ccccc1)c1c2cccnc2c(O)c2c(O)n(Cc3ccc(F)cc3)cc12. The third-order valence-corrected chi connectivity index (χ3v) is 5.65. The molecule has 5 aromatic rings. The number of fused-ring (bicyclic) bond motifs is 2. The first-order valence-corrected chi connectivity index (χ1v) is 10.4. The van der Waals surface area contributed by atoms with Crippen molar-refractivity contribution in [1.29, 1.82) is 0 Å².